The molecule has 92 valence electrons. The van der Waals surface area contributed by atoms with Crippen LogP contribution in [0.3, 0.4) is 0 Å². The topological polar surface area (TPSA) is 15.3 Å². The Morgan fingerprint density at radius 2 is 1.67 bits per heavy atom. The molecule has 2 heterocycles. The van der Waals surface area contributed by atoms with Crippen molar-refractivity contribution in [2.24, 2.45) is 0 Å². The van der Waals surface area contributed by atoms with Gasteiger partial charge >= 0.3 is 0 Å². The van der Waals surface area contributed by atoms with Gasteiger partial charge in [-0.25, -0.2) is 0 Å². The van der Waals surface area contributed by atoms with E-state index in [0.717, 1.165) is 6.04 Å². The number of piperidine rings is 1. The van der Waals surface area contributed by atoms with Crippen LogP contribution in [-0.2, 0) is 0 Å². The lowest BCUT2D eigenvalue weighted by atomic mass is 9.93. The third-order valence-corrected chi connectivity index (χ3v) is 3.66. The standard InChI is InChI=1S/C11H22N2.2ClH/c1-11(2)10(6-7-12-11)13-8-4-3-5-9-13;;/h10,12H,3-9H2,1-2H3;2*1H. The van der Waals surface area contributed by atoms with Gasteiger partial charge in [0.2, 0.25) is 0 Å². The smallest absolute Gasteiger partial charge is 0.0284 e. The highest BCUT2D eigenvalue weighted by atomic mass is 35.5. The third-order valence-electron chi connectivity index (χ3n) is 3.66. The van der Waals surface area contributed by atoms with E-state index < -0.39 is 0 Å². The maximum Gasteiger partial charge on any atom is 0.0284 e. The molecular weight excluding hydrogens is 231 g/mol. The second-order valence-electron chi connectivity index (χ2n) is 5.05. The highest BCUT2D eigenvalue weighted by molar-refractivity contribution is 5.85. The molecule has 1 unspecified atom stereocenters. The maximum absolute atomic E-state index is 3.60. The second-order valence-corrected chi connectivity index (χ2v) is 5.05. The Morgan fingerprint density at radius 3 is 2.13 bits per heavy atom. The van der Waals surface area contributed by atoms with Crippen molar-refractivity contribution in [3.05, 3.63) is 0 Å². The molecule has 2 saturated heterocycles. The first-order valence-corrected chi connectivity index (χ1v) is 5.69. The summed E-state index contributed by atoms with van der Waals surface area (Å²) >= 11 is 0. The Hall–Kier alpha value is 0.500. The molecule has 2 nitrogen and oxygen atoms in total. The van der Waals surface area contributed by atoms with E-state index in [1.54, 1.807) is 0 Å². The molecule has 2 fully saturated rings. The summed E-state index contributed by atoms with van der Waals surface area (Å²) in [5, 5.41) is 3.60. The zero-order valence-electron chi connectivity index (χ0n) is 9.79. The Balaban J connectivity index is 0.000000980. The van der Waals surface area contributed by atoms with Crippen molar-refractivity contribution in [2.75, 3.05) is 19.6 Å². The number of nitrogens with zero attached hydrogens (tertiary/aromatic N) is 1. The monoisotopic (exact) mass is 254 g/mol. The van der Waals surface area contributed by atoms with Crippen molar-refractivity contribution < 1.29 is 0 Å². The minimum Gasteiger partial charge on any atom is -0.310 e. The van der Waals surface area contributed by atoms with E-state index in [-0.39, 0.29) is 24.8 Å². The molecule has 0 bridgehead atoms. The van der Waals surface area contributed by atoms with Crippen molar-refractivity contribution in [1.82, 2.24) is 10.2 Å². The van der Waals surface area contributed by atoms with Gasteiger partial charge in [-0.2, -0.15) is 0 Å². The van der Waals surface area contributed by atoms with E-state index in [1.807, 2.05) is 0 Å². The average Bonchev–Trinajstić information content (AvgIpc) is 2.47. The molecule has 0 amide bonds. The fourth-order valence-corrected chi connectivity index (χ4v) is 2.88. The molecule has 0 spiro atoms. The molecule has 0 aromatic heterocycles. The third kappa shape index (κ3) is 3.48. The summed E-state index contributed by atoms with van der Waals surface area (Å²) in [6.07, 6.45) is 5.60. The highest BCUT2D eigenvalue weighted by Gasteiger charge is 2.38. The fourth-order valence-electron chi connectivity index (χ4n) is 2.88. The van der Waals surface area contributed by atoms with Crippen LogP contribution in [0.25, 0.3) is 0 Å². The number of likely N-dealkylation sites (tertiary alicyclic amines) is 1. The minimum absolute atomic E-state index is 0. The van der Waals surface area contributed by atoms with Crippen LogP contribution in [0, 0.1) is 0 Å². The molecule has 1 N–H and O–H groups in total. The van der Waals surface area contributed by atoms with Gasteiger partial charge in [0.1, 0.15) is 0 Å². The van der Waals surface area contributed by atoms with E-state index in [4.69, 9.17) is 0 Å². The summed E-state index contributed by atoms with van der Waals surface area (Å²) in [6, 6.07) is 0.785. The van der Waals surface area contributed by atoms with E-state index in [0.29, 0.717) is 5.54 Å². The number of hydrogen-bond donors (Lipinski definition) is 1. The second kappa shape index (κ2) is 6.29. The minimum atomic E-state index is 0. The molecule has 2 aliphatic rings. The number of halogens is 2. The molecule has 2 aliphatic heterocycles. The van der Waals surface area contributed by atoms with Crippen LogP contribution in [-0.4, -0.2) is 36.1 Å². The molecule has 0 aromatic carbocycles. The molecular formula is C11H24Cl2N2. The lowest BCUT2D eigenvalue weighted by molar-refractivity contribution is 0.122. The Kier molecular flexibility index (Phi) is 6.50. The Morgan fingerprint density at radius 1 is 1.07 bits per heavy atom. The average molecular weight is 255 g/mol. The first-order valence-electron chi connectivity index (χ1n) is 5.69. The van der Waals surface area contributed by atoms with Crippen LogP contribution >= 0.6 is 24.8 Å². The summed E-state index contributed by atoms with van der Waals surface area (Å²) in [5.41, 5.74) is 0.345. The summed E-state index contributed by atoms with van der Waals surface area (Å²) in [4.78, 5) is 2.70. The fraction of sp³-hybridized carbons (Fsp3) is 1.00. The van der Waals surface area contributed by atoms with E-state index in [1.165, 1.54) is 45.3 Å². The van der Waals surface area contributed by atoms with Gasteiger partial charge in [0, 0.05) is 11.6 Å². The largest absolute Gasteiger partial charge is 0.310 e. The number of rotatable bonds is 1. The lowest BCUT2D eigenvalue weighted by Gasteiger charge is -2.39. The summed E-state index contributed by atoms with van der Waals surface area (Å²) in [6.45, 7) is 8.55. The summed E-state index contributed by atoms with van der Waals surface area (Å²) in [5.74, 6) is 0. The predicted octanol–water partition coefficient (Wildman–Crippen LogP) is 2.46. The molecule has 0 saturated carbocycles. The SMILES string of the molecule is CC1(C)NCCC1N1CCCCC1.Cl.Cl. The van der Waals surface area contributed by atoms with Gasteiger partial charge in [0.25, 0.3) is 0 Å². The highest BCUT2D eigenvalue weighted by Crippen LogP contribution is 2.26. The van der Waals surface area contributed by atoms with Gasteiger partial charge in [-0.1, -0.05) is 6.42 Å². The number of hydrogen-bond acceptors (Lipinski definition) is 2. The van der Waals surface area contributed by atoms with Crippen LogP contribution in [0.5, 0.6) is 0 Å². The number of nitrogens with one attached hydrogen (secondary N) is 1. The zero-order valence-corrected chi connectivity index (χ0v) is 11.4. The maximum atomic E-state index is 3.60. The van der Waals surface area contributed by atoms with Gasteiger partial charge in [0.05, 0.1) is 0 Å². The zero-order chi connectivity index (χ0) is 9.31. The first-order chi connectivity index (χ1) is 6.20. The van der Waals surface area contributed by atoms with E-state index >= 15 is 0 Å². The molecule has 15 heavy (non-hydrogen) atoms. The summed E-state index contributed by atoms with van der Waals surface area (Å²) in [7, 11) is 0. The normalized spacial score (nSPS) is 30.4. The van der Waals surface area contributed by atoms with Crippen LogP contribution in [0.1, 0.15) is 39.5 Å². The predicted molar refractivity (Wildman–Crippen MR) is 70.4 cm³/mol. The quantitative estimate of drug-likeness (QED) is 0.774. The van der Waals surface area contributed by atoms with Gasteiger partial charge in [0.15, 0.2) is 0 Å². The van der Waals surface area contributed by atoms with Crippen LogP contribution in [0.4, 0.5) is 0 Å². The van der Waals surface area contributed by atoms with Crippen molar-refractivity contribution in [3.8, 4) is 0 Å². The van der Waals surface area contributed by atoms with Gasteiger partial charge in [-0.3, -0.25) is 4.90 Å². The van der Waals surface area contributed by atoms with E-state index in [9.17, 15) is 0 Å². The van der Waals surface area contributed by atoms with Crippen LogP contribution in [0.2, 0.25) is 0 Å². The molecule has 0 radical (unpaired) electrons. The Bertz CT molecular complexity index is 179. The van der Waals surface area contributed by atoms with Crippen molar-refractivity contribution in [1.29, 1.82) is 0 Å². The molecule has 4 heteroatoms. The van der Waals surface area contributed by atoms with E-state index in [2.05, 4.69) is 24.1 Å². The van der Waals surface area contributed by atoms with Gasteiger partial charge < -0.3 is 5.32 Å². The van der Waals surface area contributed by atoms with Gasteiger partial charge in [-0.05, 0) is 52.7 Å². The molecule has 0 aliphatic carbocycles. The van der Waals surface area contributed by atoms with Gasteiger partial charge in [-0.15, -0.1) is 24.8 Å². The summed E-state index contributed by atoms with van der Waals surface area (Å²) < 4.78 is 0. The van der Waals surface area contributed by atoms with Crippen LogP contribution < -0.4 is 5.32 Å². The lowest BCUT2D eigenvalue weighted by Crippen LogP contribution is -2.52. The van der Waals surface area contributed by atoms with Crippen molar-refractivity contribution >= 4 is 24.8 Å². The van der Waals surface area contributed by atoms with Crippen molar-refractivity contribution in [2.45, 2.75) is 51.1 Å². The molecule has 1 atom stereocenters. The van der Waals surface area contributed by atoms with Crippen LogP contribution in [0.15, 0.2) is 0 Å². The van der Waals surface area contributed by atoms with Crippen molar-refractivity contribution in [3.63, 3.8) is 0 Å². The first kappa shape index (κ1) is 15.5. The molecule has 0 aromatic rings. The molecule has 2 rings (SSSR count). The Labute approximate surface area is 106 Å².